The molecule has 0 fully saturated rings. The van der Waals surface area contributed by atoms with Gasteiger partial charge in [0.1, 0.15) is 0 Å². The Kier molecular flexibility index (Phi) is 4.80. The summed E-state index contributed by atoms with van der Waals surface area (Å²) in [6.07, 6.45) is 2.03. The van der Waals surface area contributed by atoms with Crippen LogP contribution in [0.5, 0.6) is 0 Å². The zero-order chi connectivity index (χ0) is 11.4. The second kappa shape index (κ2) is 5.66. The van der Waals surface area contributed by atoms with Crippen LogP contribution in [-0.2, 0) is 10.8 Å². The van der Waals surface area contributed by atoms with Crippen LogP contribution < -0.4 is 5.73 Å². The minimum Gasteiger partial charge on any atom is -0.399 e. The van der Waals surface area contributed by atoms with Crippen LogP contribution in [0.4, 0.5) is 5.69 Å². The van der Waals surface area contributed by atoms with Gasteiger partial charge in [-0.25, -0.2) is 0 Å². The van der Waals surface area contributed by atoms with E-state index in [9.17, 15) is 4.21 Å². The van der Waals surface area contributed by atoms with Crippen LogP contribution in [0.25, 0.3) is 0 Å². The maximum atomic E-state index is 12.1. The molecule has 84 valence electrons. The van der Waals surface area contributed by atoms with Crippen molar-refractivity contribution in [1.29, 1.82) is 0 Å². The SMILES string of the molecule is CCCC(C)S(=O)c1ccc(N)cc1Br. The van der Waals surface area contributed by atoms with Crippen molar-refractivity contribution in [2.75, 3.05) is 5.73 Å². The summed E-state index contributed by atoms with van der Waals surface area (Å²) in [6.45, 7) is 4.12. The number of rotatable bonds is 4. The zero-order valence-corrected chi connectivity index (χ0v) is 11.4. The molecule has 2 N–H and O–H groups in total. The van der Waals surface area contributed by atoms with Gasteiger partial charge in [-0.3, -0.25) is 4.21 Å². The molecular weight excluding hydrogens is 274 g/mol. The third kappa shape index (κ3) is 3.31. The van der Waals surface area contributed by atoms with E-state index in [1.807, 2.05) is 13.0 Å². The average molecular weight is 290 g/mol. The second-order valence-electron chi connectivity index (χ2n) is 3.59. The number of halogens is 1. The highest BCUT2D eigenvalue weighted by atomic mass is 79.9. The monoisotopic (exact) mass is 289 g/mol. The Balaban J connectivity index is 2.91. The Morgan fingerprint density at radius 2 is 2.20 bits per heavy atom. The van der Waals surface area contributed by atoms with Crippen molar-refractivity contribution in [3.8, 4) is 0 Å². The van der Waals surface area contributed by atoms with E-state index in [0.29, 0.717) is 5.69 Å². The van der Waals surface area contributed by atoms with E-state index in [4.69, 9.17) is 5.73 Å². The molecule has 0 aromatic heterocycles. The molecule has 1 aromatic carbocycles. The van der Waals surface area contributed by atoms with Crippen molar-refractivity contribution in [1.82, 2.24) is 0 Å². The number of nitrogen functional groups attached to an aromatic ring is 1. The van der Waals surface area contributed by atoms with Gasteiger partial charge in [0.2, 0.25) is 0 Å². The van der Waals surface area contributed by atoms with Crippen molar-refractivity contribution in [2.24, 2.45) is 0 Å². The lowest BCUT2D eigenvalue weighted by Gasteiger charge is -2.11. The first-order chi connectivity index (χ1) is 7.06. The van der Waals surface area contributed by atoms with Crippen LogP contribution in [0.3, 0.4) is 0 Å². The number of anilines is 1. The molecule has 1 rings (SSSR count). The fourth-order valence-electron chi connectivity index (χ4n) is 1.41. The van der Waals surface area contributed by atoms with Gasteiger partial charge in [-0.2, -0.15) is 0 Å². The molecule has 0 amide bonds. The Morgan fingerprint density at radius 1 is 1.53 bits per heavy atom. The molecule has 0 saturated carbocycles. The maximum Gasteiger partial charge on any atom is 0.0569 e. The fraction of sp³-hybridized carbons (Fsp3) is 0.455. The van der Waals surface area contributed by atoms with Crippen LogP contribution in [0, 0.1) is 0 Å². The number of nitrogens with two attached hydrogens (primary N) is 1. The first kappa shape index (κ1) is 12.7. The summed E-state index contributed by atoms with van der Waals surface area (Å²) in [5.41, 5.74) is 6.32. The number of benzene rings is 1. The van der Waals surface area contributed by atoms with E-state index in [0.717, 1.165) is 22.2 Å². The highest BCUT2D eigenvalue weighted by Gasteiger charge is 2.15. The van der Waals surface area contributed by atoms with E-state index in [-0.39, 0.29) is 5.25 Å². The van der Waals surface area contributed by atoms with Crippen molar-refractivity contribution in [2.45, 2.75) is 36.8 Å². The minimum atomic E-state index is -0.950. The van der Waals surface area contributed by atoms with Crippen molar-refractivity contribution in [3.63, 3.8) is 0 Å². The van der Waals surface area contributed by atoms with Gasteiger partial charge in [0.25, 0.3) is 0 Å². The third-order valence-corrected chi connectivity index (χ3v) is 4.91. The Bertz CT molecular complexity index is 368. The van der Waals surface area contributed by atoms with Crippen LogP contribution in [0.15, 0.2) is 27.6 Å². The molecule has 15 heavy (non-hydrogen) atoms. The summed E-state index contributed by atoms with van der Waals surface area (Å²) in [7, 11) is -0.950. The summed E-state index contributed by atoms with van der Waals surface area (Å²) in [5, 5.41) is 0.190. The topological polar surface area (TPSA) is 43.1 Å². The lowest BCUT2D eigenvalue weighted by molar-refractivity contribution is 0.662. The van der Waals surface area contributed by atoms with Gasteiger partial charge in [0.05, 0.1) is 15.7 Å². The quantitative estimate of drug-likeness (QED) is 0.864. The summed E-state index contributed by atoms with van der Waals surface area (Å²) in [5.74, 6) is 0. The molecule has 0 saturated heterocycles. The molecule has 0 spiro atoms. The molecule has 4 heteroatoms. The highest BCUT2D eigenvalue weighted by Crippen LogP contribution is 2.25. The lowest BCUT2D eigenvalue weighted by Crippen LogP contribution is -2.11. The van der Waals surface area contributed by atoms with E-state index in [1.54, 1.807) is 12.1 Å². The van der Waals surface area contributed by atoms with E-state index in [2.05, 4.69) is 22.9 Å². The van der Waals surface area contributed by atoms with E-state index in [1.165, 1.54) is 0 Å². The Hall–Kier alpha value is -0.350. The van der Waals surface area contributed by atoms with Gasteiger partial charge in [0, 0.05) is 15.4 Å². The van der Waals surface area contributed by atoms with Gasteiger partial charge in [-0.1, -0.05) is 20.3 Å². The third-order valence-electron chi connectivity index (χ3n) is 2.23. The largest absolute Gasteiger partial charge is 0.399 e. The van der Waals surface area contributed by atoms with Gasteiger partial charge >= 0.3 is 0 Å². The van der Waals surface area contributed by atoms with E-state index < -0.39 is 10.8 Å². The molecule has 0 aliphatic heterocycles. The Labute approximate surface area is 102 Å². The predicted molar refractivity (Wildman–Crippen MR) is 69.3 cm³/mol. The van der Waals surface area contributed by atoms with Gasteiger partial charge in [-0.05, 0) is 40.5 Å². The summed E-state index contributed by atoms with van der Waals surface area (Å²) >= 11 is 3.39. The van der Waals surface area contributed by atoms with Crippen LogP contribution in [0.2, 0.25) is 0 Å². The number of hydrogen-bond acceptors (Lipinski definition) is 2. The second-order valence-corrected chi connectivity index (χ2v) is 6.28. The number of hydrogen-bond donors (Lipinski definition) is 1. The fourth-order valence-corrected chi connectivity index (χ4v) is 3.62. The van der Waals surface area contributed by atoms with Crippen molar-refractivity contribution in [3.05, 3.63) is 22.7 Å². The normalized spacial score (nSPS) is 14.9. The molecule has 2 nitrogen and oxygen atoms in total. The van der Waals surface area contributed by atoms with Gasteiger partial charge in [0.15, 0.2) is 0 Å². The van der Waals surface area contributed by atoms with Crippen molar-refractivity contribution >= 4 is 32.4 Å². The molecular formula is C11H16BrNOS. The molecule has 0 bridgehead atoms. The molecule has 0 aliphatic carbocycles. The summed E-state index contributed by atoms with van der Waals surface area (Å²) < 4.78 is 12.9. The van der Waals surface area contributed by atoms with Crippen LogP contribution >= 0.6 is 15.9 Å². The summed E-state index contributed by atoms with van der Waals surface area (Å²) in [6, 6.07) is 5.42. The van der Waals surface area contributed by atoms with Crippen molar-refractivity contribution < 1.29 is 4.21 Å². The first-order valence-electron chi connectivity index (χ1n) is 5.01. The molecule has 0 heterocycles. The van der Waals surface area contributed by atoms with Crippen LogP contribution in [0.1, 0.15) is 26.7 Å². The smallest absolute Gasteiger partial charge is 0.0569 e. The average Bonchev–Trinajstić information content (AvgIpc) is 2.17. The first-order valence-corrected chi connectivity index (χ1v) is 7.02. The van der Waals surface area contributed by atoms with Crippen LogP contribution in [-0.4, -0.2) is 9.46 Å². The Morgan fingerprint density at radius 3 is 2.73 bits per heavy atom. The maximum absolute atomic E-state index is 12.1. The zero-order valence-electron chi connectivity index (χ0n) is 9.00. The standard InChI is InChI=1S/C11H16BrNOS/c1-3-4-8(2)15(14)11-6-5-9(13)7-10(11)12/h5-8H,3-4,13H2,1-2H3. The molecule has 0 aliphatic rings. The molecule has 1 aromatic rings. The summed E-state index contributed by atoms with van der Waals surface area (Å²) in [4.78, 5) is 0.838. The lowest BCUT2D eigenvalue weighted by atomic mass is 10.3. The van der Waals surface area contributed by atoms with E-state index >= 15 is 0 Å². The molecule has 2 atom stereocenters. The minimum absolute atomic E-state index is 0.190. The molecule has 2 unspecified atom stereocenters. The highest BCUT2D eigenvalue weighted by molar-refractivity contribution is 9.10. The molecule has 0 radical (unpaired) electrons. The van der Waals surface area contributed by atoms with Gasteiger partial charge < -0.3 is 5.73 Å². The predicted octanol–water partition coefficient (Wildman–Crippen LogP) is 3.33. The van der Waals surface area contributed by atoms with Gasteiger partial charge in [-0.15, -0.1) is 0 Å².